The summed E-state index contributed by atoms with van der Waals surface area (Å²) in [7, 11) is 3.00. The Balaban J connectivity index is 2.11. The van der Waals surface area contributed by atoms with Crippen molar-refractivity contribution >= 4 is 11.9 Å². The van der Waals surface area contributed by atoms with Gasteiger partial charge in [-0.3, -0.25) is 9.59 Å². The molecule has 0 aliphatic rings. The number of carboxylic acids is 1. The number of nitrogens with one attached hydrogen (secondary N) is 1. The van der Waals surface area contributed by atoms with Gasteiger partial charge >= 0.3 is 5.97 Å². The summed E-state index contributed by atoms with van der Waals surface area (Å²) < 4.78 is 15.9. The Hall–Kier alpha value is -3.22. The van der Waals surface area contributed by atoms with Gasteiger partial charge in [0.25, 0.3) is 5.91 Å². The van der Waals surface area contributed by atoms with Crippen LogP contribution in [-0.4, -0.2) is 37.8 Å². The molecule has 7 heteroatoms. The first-order valence-electron chi connectivity index (χ1n) is 8.36. The zero-order chi connectivity index (χ0) is 19.8. The van der Waals surface area contributed by atoms with Gasteiger partial charge in [0.2, 0.25) is 0 Å². The predicted octanol–water partition coefficient (Wildman–Crippen LogP) is 2.72. The summed E-state index contributed by atoms with van der Waals surface area (Å²) in [5.74, 6) is 0.128. The van der Waals surface area contributed by atoms with Crippen LogP contribution in [0.4, 0.5) is 0 Å². The van der Waals surface area contributed by atoms with Crippen molar-refractivity contribution in [3.63, 3.8) is 0 Å². The number of aryl methyl sites for hydroxylation is 1. The van der Waals surface area contributed by atoms with Crippen molar-refractivity contribution in [1.82, 2.24) is 5.32 Å². The Morgan fingerprint density at radius 2 is 1.74 bits per heavy atom. The van der Waals surface area contributed by atoms with Crippen LogP contribution >= 0.6 is 0 Å². The van der Waals surface area contributed by atoms with Gasteiger partial charge in [-0.25, -0.2) is 0 Å². The molecule has 2 aromatic rings. The molecular formula is C20H23NO6. The molecule has 2 N–H and O–H groups in total. The highest BCUT2D eigenvalue weighted by atomic mass is 16.5. The number of carbonyl (C=O) groups excluding carboxylic acids is 1. The lowest BCUT2D eigenvalue weighted by molar-refractivity contribution is -0.137. The number of hydrogen-bond acceptors (Lipinski definition) is 5. The third-order valence-corrected chi connectivity index (χ3v) is 3.98. The summed E-state index contributed by atoms with van der Waals surface area (Å²) >= 11 is 0. The third-order valence-electron chi connectivity index (χ3n) is 3.98. The predicted molar refractivity (Wildman–Crippen MR) is 99.4 cm³/mol. The van der Waals surface area contributed by atoms with E-state index in [4.69, 9.17) is 14.2 Å². The fourth-order valence-electron chi connectivity index (χ4n) is 2.59. The monoisotopic (exact) mass is 373 g/mol. The zero-order valence-corrected chi connectivity index (χ0v) is 15.5. The zero-order valence-electron chi connectivity index (χ0n) is 15.5. The quantitative estimate of drug-likeness (QED) is 0.702. The number of ether oxygens (including phenoxy) is 3. The van der Waals surface area contributed by atoms with Crippen LogP contribution in [0.15, 0.2) is 42.5 Å². The minimum Gasteiger partial charge on any atom is -0.493 e. The minimum absolute atomic E-state index is 0.214. The van der Waals surface area contributed by atoms with E-state index in [9.17, 15) is 14.7 Å². The Morgan fingerprint density at radius 1 is 1.04 bits per heavy atom. The largest absolute Gasteiger partial charge is 0.493 e. The molecule has 1 amide bonds. The highest BCUT2D eigenvalue weighted by molar-refractivity contribution is 5.79. The average Bonchev–Trinajstić information content (AvgIpc) is 2.66. The summed E-state index contributed by atoms with van der Waals surface area (Å²) in [6, 6.07) is 11.6. The molecule has 0 aliphatic carbocycles. The van der Waals surface area contributed by atoms with E-state index in [1.54, 1.807) is 24.3 Å². The fraction of sp³-hybridized carbons (Fsp3) is 0.300. The van der Waals surface area contributed by atoms with Gasteiger partial charge in [0.15, 0.2) is 18.1 Å². The van der Waals surface area contributed by atoms with Crippen LogP contribution in [0, 0.1) is 6.92 Å². The molecule has 1 unspecified atom stereocenters. The minimum atomic E-state index is -1.03. The molecule has 0 saturated carbocycles. The second-order valence-electron chi connectivity index (χ2n) is 5.89. The third kappa shape index (κ3) is 5.64. The smallest absolute Gasteiger partial charge is 0.305 e. The Bertz CT molecular complexity index is 805. The maximum Gasteiger partial charge on any atom is 0.305 e. The first kappa shape index (κ1) is 20.1. The van der Waals surface area contributed by atoms with Crippen LogP contribution in [0.2, 0.25) is 0 Å². The lowest BCUT2D eigenvalue weighted by atomic mass is 10.0. The van der Waals surface area contributed by atoms with Gasteiger partial charge in [-0.05, 0) is 36.2 Å². The van der Waals surface area contributed by atoms with E-state index in [-0.39, 0.29) is 13.0 Å². The number of hydrogen-bond donors (Lipinski definition) is 2. The number of aliphatic carboxylic acids is 1. The highest BCUT2D eigenvalue weighted by Gasteiger charge is 2.20. The fourth-order valence-corrected chi connectivity index (χ4v) is 2.59. The molecule has 7 nitrogen and oxygen atoms in total. The summed E-state index contributed by atoms with van der Waals surface area (Å²) in [4.78, 5) is 23.5. The SMILES string of the molecule is COc1ccc(C(CC(=O)O)NC(=O)COc2ccccc2C)cc1OC. The van der Waals surface area contributed by atoms with Gasteiger partial charge in [-0.15, -0.1) is 0 Å². The maximum atomic E-state index is 12.3. The molecule has 0 radical (unpaired) electrons. The Kier molecular flexibility index (Phi) is 7.05. The van der Waals surface area contributed by atoms with Gasteiger partial charge < -0.3 is 24.6 Å². The van der Waals surface area contributed by atoms with E-state index in [2.05, 4.69) is 5.32 Å². The molecule has 0 aromatic heterocycles. The first-order valence-corrected chi connectivity index (χ1v) is 8.36. The van der Waals surface area contributed by atoms with Crippen LogP contribution in [0.3, 0.4) is 0 Å². The first-order chi connectivity index (χ1) is 12.9. The van der Waals surface area contributed by atoms with E-state index >= 15 is 0 Å². The maximum absolute atomic E-state index is 12.3. The van der Waals surface area contributed by atoms with Crippen LogP contribution in [0.25, 0.3) is 0 Å². The molecule has 0 bridgehead atoms. The van der Waals surface area contributed by atoms with Crippen molar-refractivity contribution in [3.05, 3.63) is 53.6 Å². The summed E-state index contributed by atoms with van der Waals surface area (Å²) in [5.41, 5.74) is 1.51. The Morgan fingerprint density at radius 3 is 2.37 bits per heavy atom. The molecule has 0 spiro atoms. The van der Waals surface area contributed by atoms with Gasteiger partial charge in [0.1, 0.15) is 5.75 Å². The van der Waals surface area contributed by atoms with Crippen LogP contribution in [0.1, 0.15) is 23.6 Å². The topological polar surface area (TPSA) is 94.1 Å². The lowest BCUT2D eigenvalue weighted by Crippen LogP contribution is -2.34. The van der Waals surface area contributed by atoms with Crippen molar-refractivity contribution in [1.29, 1.82) is 0 Å². The molecule has 0 heterocycles. The molecule has 2 aromatic carbocycles. The number of para-hydroxylation sites is 1. The summed E-state index contributed by atoms with van der Waals surface area (Å²) in [6.07, 6.45) is -0.272. The molecule has 144 valence electrons. The number of methoxy groups -OCH3 is 2. The van der Waals surface area contributed by atoms with Crippen molar-refractivity contribution in [3.8, 4) is 17.2 Å². The van der Waals surface area contributed by atoms with Gasteiger partial charge in [0, 0.05) is 0 Å². The molecule has 2 rings (SSSR count). The molecule has 1 atom stereocenters. The van der Waals surface area contributed by atoms with Crippen molar-refractivity contribution in [2.45, 2.75) is 19.4 Å². The van der Waals surface area contributed by atoms with Crippen molar-refractivity contribution < 1.29 is 28.9 Å². The lowest BCUT2D eigenvalue weighted by Gasteiger charge is -2.19. The van der Waals surface area contributed by atoms with Gasteiger partial charge in [-0.1, -0.05) is 24.3 Å². The second-order valence-corrected chi connectivity index (χ2v) is 5.89. The van der Waals surface area contributed by atoms with Crippen molar-refractivity contribution in [2.24, 2.45) is 0 Å². The van der Waals surface area contributed by atoms with Crippen LogP contribution < -0.4 is 19.5 Å². The summed E-state index contributed by atoms with van der Waals surface area (Å²) in [5, 5.41) is 11.9. The molecule has 0 aliphatic heterocycles. The van der Waals surface area contributed by atoms with Crippen LogP contribution in [-0.2, 0) is 9.59 Å². The number of benzene rings is 2. The van der Waals surface area contributed by atoms with Crippen molar-refractivity contribution in [2.75, 3.05) is 20.8 Å². The molecular weight excluding hydrogens is 350 g/mol. The van der Waals surface area contributed by atoms with E-state index in [0.717, 1.165) is 5.56 Å². The number of carbonyl (C=O) groups is 2. The second kappa shape index (κ2) is 9.47. The van der Waals surface area contributed by atoms with E-state index < -0.39 is 17.9 Å². The number of amides is 1. The van der Waals surface area contributed by atoms with Gasteiger partial charge in [0.05, 0.1) is 26.7 Å². The molecule has 27 heavy (non-hydrogen) atoms. The van der Waals surface area contributed by atoms with E-state index in [1.807, 2.05) is 25.1 Å². The van der Waals surface area contributed by atoms with E-state index in [1.165, 1.54) is 14.2 Å². The standard InChI is InChI=1S/C20H23NO6/c1-13-6-4-5-7-16(13)27-12-19(22)21-15(11-20(23)24)14-8-9-17(25-2)18(10-14)26-3/h4-10,15H,11-12H2,1-3H3,(H,21,22)(H,23,24). The Labute approximate surface area is 157 Å². The highest BCUT2D eigenvalue weighted by Crippen LogP contribution is 2.31. The summed E-state index contributed by atoms with van der Waals surface area (Å²) in [6.45, 7) is 1.67. The van der Waals surface area contributed by atoms with Gasteiger partial charge in [-0.2, -0.15) is 0 Å². The van der Waals surface area contributed by atoms with Crippen LogP contribution in [0.5, 0.6) is 17.2 Å². The molecule has 0 fully saturated rings. The van der Waals surface area contributed by atoms with E-state index in [0.29, 0.717) is 22.8 Å². The average molecular weight is 373 g/mol. The number of rotatable bonds is 9. The number of carboxylic acid groups (broad SMARTS) is 1. The molecule has 0 saturated heterocycles. The normalized spacial score (nSPS) is 11.4.